The number of halogens is 1. The van der Waals surface area contributed by atoms with Crippen molar-refractivity contribution in [2.45, 2.75) is 12.0 Å². The molecule has 3 rings (SSSR count). The average molecular weight is 427 g/mol. The van der Waals surface area contributed by atoms with Crippen LogP contribution in [0.1, 0.15) is 6.42 Å². The molecule has 0 radical (unpaired) electrons. The van der Waals surface area contributed by atoms with Crippen LogP contribution in [-0.4, -0.2) is 92.9 Å². The molecule has 2 heterocycles. The number of morpholine rings is 1. The minimum absolute atomic E-state index is 0.199. The molecule has 1 aromatic carbocycles. The van der Waals surface area contributed by atoms with Gasteiger partial charge < -0.3 is 19.7 Å². The Bertz CT molecular complexity index is 632. The van der Waals surface area contributed by atoms with E-state index in [4.69, 9.17) is 21.1 Å². The number of likely N-dealkylation sites (N-methyl/N-ethyl adjacent to an activating group) is 1. The summed E-state index contributed by atoms with van der Waals surface area (Å²) in [7, 11) is 3.88. The molecule has 1 aromatic rings. The molecule has 0 saturated carbocycles. The van der Waals surface area contributed by atoms with Gasteiger partial charge >= 0.3 is 0 Å². The van der Waals surface area contributed by atoms with Gasteiger partial charge in [-0.1, -0.05) is 11.6 Å². The summed E-state index contributed by atoms with van der Waals surface area (Å²) in [5.41, 5.74) is 0.199. The van der Waals surface area contributed by atoms with Crippen LogP contribution in [0.4, 0.5) is 0 Å². The van der Waals surface area contributed by atoms with Gasteiger partial charge in [0.2, 0.25) is 0 Å². The van der Waals surface area contributed by atoms with Crippen molar-refractivity contribution >= 4 is 29.3 Å². The Labute approximate surface area is 177 Å². The fourth-order valence-electron chi connectivity index (χ4n) is 3.70. The van der Waals surface area contributed by atoms with Crippen LogP contribution in [0.25, 0.3) is 0 Å². The van der Waals surface area contributed by atoms with Crippen molar-refractivity contribution in [1.29, 1.82) is 0 Å². The Morgan fingerprint density at radius 2 is 2.11 bits per heavy atom. The number of nitrogens with zero attached hydrogens (tertiary/aromatic N) is 3. The van der Waals surface area contributed by atoms with Crippen molar-refractivity contribution in [2.24, 2.45) is 4.99 Å². The van der Waals surface area contributed by atoms with E-state index in [0.717, 1.165) is 51.1 Å². The number of aliphatic imine (C=N–C) groups is 1. The first-order valence-electron chi connectivity index (χ1n) is 9.84. The molecule has 1 unspecified atom stereocenters. The minimum atomic E-state index is 0.199. The Balaban J connectivity index is 1.49. The van der Waals surface area contributed by atoms with E-state index in [0.29, 0.717) is 11.6 Å². The topological polar surface area (TPSA) is 49.3 Å². The molecule has 8 heteroatoms. The number of hydrogen-bond acceptors (Lipinski definition) is 5. The summed E-state index contributed by atoms with van der Waals surface area (Å²) in [5, 5.41) is 4.33. The smallest absolute Gasteiger partial charge is 0.193 e. The maximum atomic E-state index is 5.91. The number of benzene rings is 1. The zero-order valence-electron chi connectivity index (χ0n) is 16.8. The first-order chi connectivity index (χ1) is 13.6. The summed E-state index contributed by atoms with van der Waals surface area (Å²) in [5.74, 6) is 4.13. The lowest BCUT2D eigenvalue weighted by Crippen LogP contribution is -2.60. The van der Waals surface area contributed by atoms with Crippen LogP contribution in [-0.2, 0) is 4.74 Å². The normalized spacial score (nSPS) is 23.6. The molecule has 28 heavy (non-hydrogen) atoms. The second kappa shape index (κ2) is 10.6. The number of thioether (sulfide) groups is 1. The summed E-state index contributed by atoms with van der Waals surface area (Å²) in [6.07, 6.45) is 1.21. The standard InChI is InChI=1S/C20H31ClN4O2S/c1-22-19(24(2)8-13-27-18-5-3-17(21)4-6-18)23-15-20(7-14-28-16-20)25-9-11-26-12-10-25/h3-6H,7-16H2,1-2H3,(H,22,23). The van der Waals surface area contributed by atoms with Gasteiger partial charge in [0, 0.05) is 50.0 Å². The molecule has 0 bridgehead atoms. The zero-order chi connectivity index (χ0) is 19.8. The molecule has 2 aliphatic heterocycles. The van der Waals surface area contributed by atoms with Gasteiger partial charge in [0.05, 0.1) is 19.8 Å². The van der Waals surface area contributed by atoms with Crippen molar-refractivity contribution in [1.82, 2.24) is 15.1 Å². The first-order valence-corrected chi connectivity index (χ1v) is 11.4. The number of guanidine groups is 1. The maximum absolute atomic E-state index is 5.91. The molecule has 0 aromatic heterocycles. The molecule has 0 spiro atoms. The summed E-state index contributed by atoms with van der Waals surface area (Å²) in [6, 6.07) is 7.45. The third-order valence-corrected chi connectivity index (χ3v) is 6.91. The van der Waals surface area contributed by atoms with Crippen molar-refractivity contribution in [3.8, 4) is 5.75 Å². The molecule has 0 aliphatic carbocycles. The molecule has 156 valence electrons. The third kappa shape index (κ3) is 5.69. The van der Waals surface area contributed by atoms with Crippen LogP contribution < -0.4 is 10.1 Å². The van der Waals surface area contributed by atoms with Gasteiger partial charge in [0.1, 0.15) is 12.4 Å². The van der Waals surface area contributed by atoms with Crippen LogP contribution in [0.2, 0.25) is 5.02 Å². The van der Waals surface area contributed by atoms with E-state index in [9.17, 15) is 0 Å². The maximum Gasteiger partial charge on any atom is 0.193 e. The van der Waals surface area contributed by atoms with Crippen molar-refractivity contribution in [3.63, 3.8) is 0 Å². The Hall–Kier alpha value is -1.15. The van der Waals surface area contributed by atoms with Gasteiger partial charge in [0.25, 0.3) is 0 Å². The minimum Gasteiger partial charge on any atom is -0.492 e. The van der Waals surface area contributed by atoms with Crippen LogP contribution in [0.15, 0.2) is 29.3 Å². The van der Waals surface area contributed by atoms with Crippen LogP contribution in [0.5, 0.6) is 5.75 Å². The number of rotatable bonds is 7. The van der Waals surface area contributed by atoms with E-state index >= 15 is 0 Å². The van der Waals surface area contributed by atoms with Gasteiger partial charge in [0.15, 0.2) is 5.96 Å². The van der Waals surface area contributed by atoms with Crippen LogP contribution in [0.3, 0.4) is 0 Å². The number of hydrogen-bond donors (Lipinski definition) is 1. The van der Waals surface area contributed by atoms with Gasteiger partial charge in [-0.3, -0.25) is 9.89 Å². The Morgan fingerprint density at radius 3 is 2.75 bits per heavy atom. The Kier molecular flexibility index (Phi) is 8.14. The molecule has 2 aliphatic rings. The lowest BCUT2D eigenvalue weighted by atomic mass is 9.95. The van der Waals surface area contributed by atoms with E-state index < -0.39 is 0 Å². The van der Waals surface area contributed by atoms with E-state index in [1.807, 2.05) is 50.1 Å². The largest absolute Gasteiger partial charge is 0.492 e. The highest BCUT2D eigenvalue weighted by Crippen LogP contribution is 2.33. The molecule has 1 atom stereocenters. The van der Waals surface area contributed by atoms with Crippen molar-refractivity contribution in [3.05, 3.63) is 29.3 Å². The van der Waals surface area contributed by atoms with E-state index in [2.05, 4.69) is 20.1 Å². The van der Waals surface area contributed by atoms with Crippen LogP contribution in [0, 0.1) is 0 Å². The fourth-order valence-corrected chi connectivity index (χ4v) is 5.30. The predicted molar refractivity (Wildman–Crippen MR) is 118 cm³/mol. The molecule has 6 nitrogen and oxygen atoms in total. The second-order valence-electron chi connectivity index (χ2n) is 7.25. The second-order valence-corrected chi connectivity index (χ2v) is 8.79. The number of nitrogens with one attached hydrogen (secondary N) is 1. The molecule has 0 amide bonds. The molecule has 2 fully saturated rings. The zero-order valence-corrected chi connectivity index (χ0v) is 18.4. The highest BCUT2D eigenvalue weighted by molar-refractivity contribution is 7.99. The fraction of sp³-hybridized carbons (Fsp3) is 0.650. The van der Waals surface area contributed by atoms with E-state index in [-0.39, 0.29) is 5.54 Å². The van der Waals surface area contributed by atoms with Gasteiger partial charge in [-0.15, -0.1) is 0 Å². The highest BCUT2D eigenvalue weighted by atomic mass is 35.5. The van der Waals surface area contributed by atoms with Crippen LogP contribution >= 0.6 is 23.4 Å². The lowest BCUT2D eigenvalue weighted by molar-refractivity contribution is -0.0121. The predicted octanol–water partition coefficient (Wildman–Crippen LogP) is 2.43. The molecular weight excluding hydrogens is 396 g/mol. The summed E-state index contributed by atoms with van der Waals surface area (Å²) >= 11 is 7.96. The quantitative estimate of drug-likeness (QED) is 0.533. The lowest BCUT2D eigenvalue weighted by Gasteiger charge is -2.43. The van der Waals surface area contributed by atoms with Crippen molar-refractivity contribution in [2.75, 3.05) is 71.6 Å². The molecule has 2 saturated heterocycles. The summed E-state index contributed by atoms with van der Waals surface area (Å²) in [4.78, 5) is 9.20. The summed E-state index contributed by atoms with van der Waals surface area (Å²) < 4.78 is 11.4. The van der Waals surface area contributed by atoms with Gasteiger partial charge in [-0.25, -0.2) is 0 Å². The molecular formula is C20H31ClN4O2S. The van der Waals surface area contributed by atoms with Gasteiger partial charge in [-0.2, -0.15) is 11.8 Å². The van der Waals surface area contributed by atoms with Crippen molar-refractivity contribution < 1.29 is 9.47 Å². The average Bonchev–Trinajstić information content (AvgIpc) is 3.21. The highest BCUT2D eigenvalue weighted by Gasteiger charge is 2.40. The third-order valence-electron chi connectivity index (χ3n) is 5.42. The first kappa shape index (κ1) is 21.6. The van der Waals surface area contributed by atoms with E-state index in [1.54, 1.807) is 0 Å². The van der Waals surface area contributed by atoms with Gasteiger partial charge in [-0.05, 0) is 36.4 Å². The van der Waals surface area contributed by atoms with E-state index in [1.165, 1.54) is 17.9 Å². The SMILES string of the molecule is CN=C(NCC1(N2CCOCC2)CCSC1)N(C)CCOc1ccc(Cl)cc1. The molecule has 1 N–H and O–H groups in total. The number of ether oxygens (including phenoxy) is 2. The summed E-state index contributed by atoms with van der Waals surface area (Å²) in [6.45, 7) is 5.96. The monoisotopic (exact) mass is 426 g/mol. The Morgan fingerprint density at radius 1 is 1.36 bits per heavy atom.